The molecule has 1 saturated heterocycles. The first-order valence-corrected chi connectivity index (χ1v) is 8.65. The van der Waals surface area contributed by atoms with Crippen LogP contribution >= 0.6 is 0 Å². The van der Waals surface area contributed by atoms with E-state index < -0.39 is 17.8 Å². The molecular formula is C19H21F3N2O3. The number of morpholine rings is 1. The van der Waals surface area contributed by atoms with Crippen LogP contribution in [0.2, 0.25) is 0 Å². The third-order valence-corrected chi connectivity index (χ3v) is 4.26. The highest BCUT2D eigenvalue weighted by Gasteiger charge is 2.31. The summed E-state index contributed by atoms with van der Waals surface area (Å²) in [5, 5.41) is 10.1. The number of aliphatic hydroxyl groups excluding tert-OH is 1. The van der Waals surface area contributed by atoms with Gasteiger partial charge in [-0.05, 0) is 41.5 Å². The fourth-order valence-corrected chi connectivity index (χ4v) is 2.88. The molecule has 1 unspecified atom stereocenters. The van der Waals surface area contributed by atoms with Crippen LogP contribution in [0.5, 0.6) is 5.75 Å². The number of pyridine rings is 1. The monoisotopic (exact) mass is 382 g/mol. The summed E-state index contributed by atoms with van der Waals surface area (Å²) >= 11 is 0. The van der Waals surface area contributed by atoms with Crippen LogP contribution < -0.4 is 4.74 Å². The second-order valence-corrected chi connectivity index (χ2v) is 6.36. The van der Waals surface area contributed by atoms with Gasteiger partial charge >= 0.3 is 6.18 Å². The van der Waals surface area contributed by atoms with Crippen LogP contribution in [-0.4, -0.2) is 60.5 Å². The third-order valence-electron chi connectivity index (χ3n) is 4.26. The number of hydrogen-bond donors (Lipinski definition) is 1. The molecule has 1 atom stereocenters. The highest BCUT2D eigenvalue weighted by atomic mass is 19.4. The molecule has 27 heavy (non-hydrogen) atoms. The van der Waals surface area contributed by atoms with Crippen molar-refractivity contribution in [3.8, 4) is 16.9 Å². The SMILES string of the molecule is OC(COc1cc(-c2ccncc2)cc(C(F)(F)F)c1)CN1CCOCC1. The maximum absolute atomic E-state index is 13.2. The lowest BCUT2D eigenvalue weighted by Gasteiger charge is -2.28. The second-order valence-electron chi connectivity index (χ2n) is 6.36. The molecule has 1 aliphatic heterocycles. The highest BCUT2D eigenvalue weighted by Crippen LogP contribution is 2.35. The summed E-state index contributed by atoms with van der Waals surface area (Å²) < 4.78 is 50.4. The van der Waals surface area contributed by atoms with Crippen LogP contribution in [0.4, 0.5) is 13.2 Å². The largest absolute Gasteiger partial charge is 0.491 e. The van der Waals surface area contributed by atoms with Gasteiger partial charge in [0, 0.05) is 32.0 Å². The first kappa shape index (κ1) is 19.6. The third kappa shape index (κ3) is 5.66. The molecule has 1 aliphatic rings. The van der Waals surface area contributed by atoms with Crippen molar-refractivity contribution >= 4 is 0 Å². The summed E-state index contributed by atoms with van der Waals surface area (Å²) in [6.45, 7) is 2.95. The Bertz CT molecular complexity index is 735. The zero-order chi connectivity index (χ0) is 19.3. The number of benzene rings is 1. The van der Waals surface area contributed by atoms with Crippen LogP contribution in [-0.2, 0) is 10.9 Å². The quantitative estimate of drug-likeness (QED) is 0.833. The molecule has 0 saturated carbocycles. The van der Waals surface area contributed by atoms with E-state index in [2.05, 4.69) is 4.98 Å². The minimum atomic E-state index is -4.49. The Morgan fingerprint density at radius 3 is 2.48 bits per heavy atom. The van der Waals surface area contributed by atoms with Crippen molar-refractivity contribution in [2.75, 3.05) is 39.5 Å². The number of ether oxygens (including phenoxy) is 2. The Morgan fingerprint density at radius 1 is 1.11 bits per heavy atom. The molecule has 1 aromatic heterocycles. The van der Waals surface area contributed by atoms with Gasteiger partial charge in [-0.2, -0.15) is 13.2 Å². The summed E-state index contributed by atoms with van der Waals surface area (Å²) in [4.78, 5) is 5.91. The van der Waals surface area contributed by atoms with Gasteiger partial charge in [-0.1, -0.05) is 0 Å². The van der Waals surface area contributed by atoms with E-state index >= 15 is 0 Å². The lowest BCUT2D eigenvalue weighted by Crippen LogP contribution is -2.42. The molecular weight excluding hydrogens is 361 g/mol. The molecule has 1 fully saturated rings. The van der Waals surface area contributed by atoms with Crippen LogP contribution in [0.1, 0.15) is 5.56 Å². The number of aromatic nitrogens is 1. The molecule has 0 aliphatic carbocycles. The first-order chi connectivity index (χ1) is 12.9. The fraction of sp³-hybridized carbons (Fsp3) is 0.421. The molecule has 0 spiro atoms. The van der Waals surface area contributed by atoms with Crippen molar-refractivity contribution in [2.45, 2.75) is 12.3 Å². The second kappa shape index (κ2) is 8.69. The zero-order valence-electron chi connectivity index (χ0n) is 14.7. The summed E-state index contributed by atoms with van der Waals surface area (Å²) in [7, 11) is 0. The summed E-state index contributed by atoms with van der Waals surface area (Å²) in [6.07, 6.45) is -2.26. The lowest BCUT2D eigenvalue weighted by molar-refractivity contribution is -0.137. The number of alkyl halides is 3. The average Bonchev–Trinajstić information content (AvgIpc) is 2.67. The highest BCUT2D eigenvalue weighted by molar-refractivity contribution is 5.66. The van der Waals surface area contributed by atoms with Crippen molar-refractivity contribution < 1.29 is 27.8 Å². The van der Waals surface area contributed by atoms with Crippen molar-refractivity contribution in [2.24, 2.45) is 0 Å². The van der Waals surface area contributed by atoms with E-state index in [-0.39, 0.29) is 12.4 Å². The Hall–Kier alpha value is -2.16. The van der Waals surface area contributed by atoms with E-state index in [4.69, 9.17) is 9.47 Å². The normalized spacial score (nSPS) is 16.9. The molecule has 146 valence electrons. The average molecular weight is 382 g/mol. The molecule has 1 N–H and O–H groups in total. The lowest BCUT2D eigenvalue weighted by atomic mass is 10.0. The van der Waals surface area contributed by atoms with E-state index in [9.17, 15) is 18.3 Å². The van der Waals surface area contributed by atoms with E-state index in [1.165, 1.54) is 18.5 Å². The molecule has 8 heteroatoms. The van der Waals surface area contributed by atoms with Crippen molar-refractivity contribution in [3.05, 3.63) is 48.3 Å². The fourth-order valence-electron chi connectivity index (χ4n) is 2.88. The van der Waals surface area contributed by atoms with Gasteiger partial charge in [0.25, 0.3) is 0 Å². The first-order valence-electron chi connectivity index (χ1n) is 8.65. The van der Waals surface area contributed by atoms with Crippen molar-refractivity contribution in [1.29, 1.82) is 0 Å². The van der Waals surface area contributed by atoms with Crippen LogP contribution in [0.25, 0.3) is 11.1 Å². The van der Waals surface area contributed by atoms with Crippen molar-refractivity contribution in [3.63, 3.8) is 0 Å². The van der Waals surface area contributed by atoms with Gasteiger partial charge < -0.3 is 14.6 Å². The Balaban J connectivity index is 1.72. The topological polar surface area (TPSA) is 54.8 Å². The van der Waals surface area contributed by atoms with E-state index in [1.54, 1.807) is 12.1 Å². The number of hydrogen-bond acceptors (Lipinski definition) is 5. The van der Waals surface area contributed by atoms with Gasteiger partial charge in [0.1, 0.15) is 18.5 Å². The van der Waals surface area contributed by atoms with Gasteiger partial charge in [0.15, 0.2) is 0 Å². The molecule has 0 bridgehead atoms. The summed E-state index contributed by atoms with van der Waals surface area (Å²) in [5.41, 5.74) is 0.189. The van der Waals surface area contributed by atoms with Crippen LogP contribution in [0.3, 0.4) is 0 Å². The molecule has 0 radical (unpaired) electrons. The molecule has 2 aromatic rings. The van der Waals surface area contributed by atoms with E-state index in [0.29, 0.717) is 44.0 Å². The zero-order valence-corrected chi connectivity index (χ0v) is 14.7. The van der Waals surface area contributed by atoms with Gasteiger partial charge in [-0.15, -0.1) is 0 Å². The number of β-amino-alcohol motifs (C(OH)–C–C–N with tert-alkyl or cyclic N) is 1. The van der Waals surface area contributed by atoms with Crippen molar-refractivity contribution in [1.82, 2.24) is 9.88 Å². The molecule has 2 heterocycles. The van der Waals surface area contributed by atoms with E-state index in [1.807, 2.05) is 4.90 Å². The minimum absolute atomic E-state index is 0.0673. The number of nitrogens with zero attached hydrogens (tertiary/aromatic N) is 2. The number of halogens is 3. The summed E-state index contributed by atoms with van der Waals surface area (Å²) in [6, 6.07) is 6.82. The molecule has 1 aromatic carbocycles. The minimum Gasteiger partial charge on any atom is -0.491 e. The van der Waals surface area contributed by atoms with Gasteiger partial charge in [-0.25, -0.2) is 0 Å². The summed E-state index contributed by atoms with van der Waals surface area (Å²) in [5.74, 6) is 0.0673. The van der Waals surface area contributed by atoms with Crippen LogP contribution in [0.15, 0.2) is 42.7 Å². The smallest absolute Gasteiger partial charge is 0.416 e. The maximum atomic E-state index is 13.2. The van der Waals surface area contributed by atoms with Gasteiger partial charge in [-0.3, -0.25) is 9.88 Å². The molecule has 5 nitrogen and oxygen atoms in total. The maximum Gasteiger partial charge on any atom is 0.416 e. The predicted octanol–water partition coefficient (Wildman–Crippen LogP) is 2.84. The Labute approximate surface area is 155 Å². The van der Waals surface area contributed by atoms with E-state index in [0.717, 1.165) is 12.1 Å². The van der Waals surface area contributed by atoms with Gasteiger partial charge in [0.05, 0.1) is 18.8 Å². The number of rotatable bonds is 6. The molecule has 0 amide bonds. The van der Waals surface area contributed by atoms with Crippen LogP contribution in [0, 0.1) is 0 Å². The molecule has 3 rings (SSSR count). The van der Waals surface area contributed by atoms with Gasteiger partial charge in [0.2, 0.25) is 0 Å². The predicted molar refractivity (Wildman–Crippen MR) is 93.4 cm³/mol. The number of aliphatic hydroxyl groups is 1. The Kier molecular flexibility index (Phi) is 6.30. The Morgan fingerprint density at radius 2 is 1.81 bits per heavy atom. The standard InChI is InChI=1S/C19H21F3N2O3/c20-19(21,22)16-9-15(14-1-3-23-4-2-14)10-18(11-16)27-13-17(25)12-24-5-7-26-8-6-24/h1-4,9-11,17,25H,5-8,12-13H2.